The number of rotatable bonds is 9. The first kappa shape index (κ1) is 63.3. The molecular formula is C72H106O13Si2. The van der Waals surface area contributed by atoms with Crippen molar-refractivity contribution in [3.63, 3.8) is 0 Å². The van der Waals surface area contributed by atoms with Crippen molar-refractivity contribution in [1.29, 1.82) is 0 Å². The Labute approximate surface area is 523 Å². The van der Waals surface area contributed by atoms with E-state index >= 15 is 0 Å². The molecule has 87 heavy (non-hydrogen) atoms. The molecule has 15 heteroatoms. The summed E-state index contributed by atoms with van der Waals surface area (Å²) >= 11 is 0. The van der Waals surface area contributed by atoms with E-state index in [2.05, 4.69) is 182 Å². The van der Waals surface area contributed by atoms with E-state index < -0.39 is 44.6 Å². The Bertz CT molecular complexity index is 2830. The van der Waals surface area contributed by atoms with Crippen LogP contribution in [0.1, 0.15) is 167 Å². The molecule has 0 bridgehead atoms. The zero-order valence-electron chi connectivity index (χ0n) is 55.3. The molecule has 13 rings (SSSR count). The highest BCUT2D eigenvalue weighted by atomic mass is 28.4. The Morgan fingerprint density at radius 1 is 0.621 bits per heavy atom. The van der Waals surface area contributed by atoms with E-state index in [9.17, 15) is 0 Å². The van der Waals surface area contributed by atoms with Crippen LogP contribution in [0.15, 0.2) is 96.6 Å². The number of benzene rings is 2. The highest BCUT2D eigenvalue weighted by molar-refractivity contribution is 6.99. The Hall–Kier alpha value is -2.43. The molecule has 480 valence electrons. The average Bonchev–Trinajstić information content (AvgIpc) is 1.58. The van der Waals surface area contributed by atoms with Crippen LogP contribution in [0.4, 0.5) is 0 Å². The first-order valence-electron chi connectivity index (χ1n) is 33.7. The number of ether oxygens (including phenoxy) is 11. The third kappa shape index (κ3) is 11.4. The lowest BCUT2D eigenvalue weighted by atomic mass is 9.72. The molecule has 0 saturated carbocycles. The lowest BCUT2D eigenvalue weighted by molar-refractivity contribution is -0.356. The van der Waals surface area contributed by atoms with Gasteiger partial charge in [0.25, 0.3) is 8.32 Å². The fourth-order valence-electron chi connectivity index (χ4n) is 17.7. The SMILES string of the molecule is C=C(CO[Si](c1ccccc1)(c1ccccc1)C(C)(C)C)C[C@@H]1C[C@H](O[Si](C)(C)C(C)(C)C)C2(C)O[C@@H]3C[C@@H]4O[C@@H]5C[C@]6(C)O[C@]7(C)CC[C@@H]8O[C@@H]9C[C@]%10(C)O[C@@H]%11C(C)=CCO[C@H]%11C[C@H]%10O[C@H]9C[C@@H](C)[C@H]8O[C@H]7C[C@H]6O[C@@]5(C)C/C=C\[C@H]4O[C@H]3C[C@H]2O1. The zero-order valence-corrected chi connectivity index (χ0v) is 57.3. The molecule has 9 saturated heterocycles. The summed E-state index contributed by atoms with van der Waals surface area (Å²) in [5.74, 6) is 0.223. The van der Waals surface area contributed by atoms with E-state index in [1.165, 1.54) is 15.9 Å². The Balaban J connectivity index is 0.692. The second-order valence-corrected chi connectivity index (χ2v) is 41.5. The molecule has 0 aromatic heterocycles. The summed E-state index contributed by atoms with van der Waals surface area (Å²) in [6.45, 7) is 40.2. The summed E-state index contributed by atoms with van der Waals surface area (Å²) < 4.78 is 94.4. The molecule has 0 aliphatic carbocycles. The van der Waals surface area contributed by atoms with Gasteiger partial charge >= 0.3 is 0 Å². The Morgan fingerprint density at radius 2 is 1.30 bits per heavy atom. The molecule has 11 aliphatic rings. The molecule has 13 nitrogen and oxygen atoms in total. The van der Waals surface area contributed by atoms with E-state index in [1.807, 2.05) is 0 Å². The van der Waals surface area contributed by atoms with Crippen molar-refractivity contribution in [3.8, 4) is 0 Å². The van der Waals surface area contributed by atoms with E-state index in [-0.39, 0.29) is 120 Å². The van der Waals surface area contributed by atoms with Crippen molar-refractivity contribution in [3.05, 3.63) is 96.6 Å². The van der Waals surface area contributed by atoms with Crippen molar-refractivity contribution in [2.75, 3.05) is 13.2 Å². The molecule has 0 spiro atoms. The van der Waals surface area contributed by atoms with Crippen LogP contribution < -0.4 is 10.4 Å². The number of hydrogen-bond donors (Lipinski definition) is 0. The first-order valence-corrected chi connectivity index (χ1v) is 38.5. The van der Waals surface area contributed by atoms with Crippen LogP contribution in [0.5, 0.6) is 0 Å². The summed E-state index contributed by atoms with van der Waals surface area (Å²) in [7, 11) is -5.09. The third-order valence-electron chi connectivity index (χ3n) is 23.9. The standard InChI is InChI=1S/C72H106O13Si2/c1-44(43-74-87(67(7,8)9,48-24-19-17-20-25-48)49-26-21-18-22-27-49)34-47-36-62(84-86(15,16)66(4,5)6)72(14)61(75-47)38-54-55(81-72)37-53-50(76-54)28-23-31-68(10)63(79-53)42-71(13)60(82-68)40-59-69(11,85-71)32-29-51-64(80-59)46(3)35-52-57(77-51)41-70(12)58(78-52)39-56-65(83-70)45(2)30-33-73-56/h17-28,30,46-47,50-65H,1,29,31-43H2,2-16H3/b28-23-/t46-,47-,50-,51+,52+,53+,54+,55-,56+,57-,58-,59+,60-,61-,62+,63-,64-,65-,68+,69-,70+,71+,72?/m1/s1. The van der Waals surface area contributed by atoms with Crippen LogP contribution >= 0.6 is 0 Å². The molecule has 0 N–H and O–H groups in total. The van der Waals surface area contributed by atoms with Crippen LogP contribution in [0.3, 0.4) is 0 Å². The van der Waals surface area contributed by atoms with Crippen molar-refractivity contribution in [1.82, 2.24) is 0 Å². The second-order valence-electron chi connectivity index (χ2n) is 32.4. The van der Waals surface area contributed by atoms with Crippen LogP contribution in [0, 0.1) is 5.92 Å². The summed E-state index contributed by atoms with van der Waals surface area (Å²) in [5, 5.41) is 2.36. The smallest absolute Gasteiger partial charge is 0.261 e. The maximum Gasteiger partial charge on any atom is 0.261 e. The average molecular weight is 1240 g/mol. The fourth-order valence-corrected chi connectivity index (χ4v) is 23.7. The van der Waals surface area contributed by atoms with E-state index in [4.69, 9.17) is 67.5 Å². The molecule has 23 atom stereocenters. The van der Waals surface area contributed by atoms with Gasteiger partial charge in [-0.15, -0.1) is 0 Å². The minimum Gasteiger partial charge on any atom is -0.411 e. The molecule has 0 radical (unpaired) electrons. The minimum atomic E-state index is -2.79. The maximum atomic E-state index is 7.57. The molecular weight excluding hydrogens is 1130 g/mol. The molecule has 2 aromatic carbocycles. The molecule has 2 aromatic rings. The van der Waals surface area contributed by atoms with Gasteiger partial charge in [-0.25, -0.2) is 0 Å². The largest absolute Gasteiger partial charge is 0.411 e. The summed E-state index contributed by atoms with van der Waals surface area (Å²) in [6.07, 6.45) is 13.2. The predicted molar refractivity (Wildman–Crippen MR) is 342 cm³/mol. The summed E-state index contributed by atoms with van der Waals surface area (Å²) in [6, 6.07) is 21.7. The third-order valence-corrected chi connectivity index (χ3v) is 33.3. The molecule has 11 aliphatic heterocycles. The normalized spacial score (nSPS) is 45.9. The van der Waals surface area contributed by atoms with Gasteiger partial charge in [0.2, 0.25) is 0 Å². The highest BCUT2D eigenvalue weighted by Gasteiger charge is 2.65. The van der Waals surface area contributed by atoms with E-state index in [1.54, 1.807) is 0 Å². The van der Waals surface area contributed by atoms with Crippen molar-refractivity contribution >= 4 is 27.0 Å². The van der Waals surface area contributed by atoms with Gasteiger partial charge in [0.05, 0.1) is 127 Å². The highest BCUT2D eigenvalue weighted by Crippen LogP contribution is 2.56. The van der Waals surface area contributed by atoms with Gasteiger partial charge in [-0.05, 0) is 119 Å². The van der Waals surface area contributed by atoms with E-state index in [0.717, 1.165) is 44.1 Å². The number of fused-ring (bicyclic) bond motifs is 10. The van der Waals surface area contributed by atoms with Crippen molar-refractivity contribution < 1.29 is 61.0 Å². The Kier molecular flexibility index (Phi) is 16.7. The van der Waals surface area contributed by atoms with Crippen LogP contribution in [-0.2, 0) is 61.0 Å². The van der Waals surface area contributed by atoms with Crippen LogP contribution in [0.2, 0.25) is 23.2 Å². The molecule has 11 heterocycles. The predicted octanol–water partition coefficient (Wildman–Crippen LogP) is 12.4. The quantitative estimate of drug-likeness (QED) is 0.175. The summed E-state index contributed by atoms with van der Waals surface area (Å²) in [4.78, 5) is 0. The van der Waals surface area contributed by atoms with Crippen molar-refractivity contribution in [2.45, 2.75) is 322 Å². The topological polar surface area (TPSA) is 120 Å². The first-order chi connectivity index (χ1) is 41.0. The lowest BCUT2D eigenvalue weighted by Gasteiger charge is -2.61. The van der Waals surface area contributed by atoms with Gasteiger partial charge in [-0.1, -0.05) is 140 Å². The van der Waals surface area contributed by atoms with Crippen LogP contribution in [0.25, 0.3) is 0 Å². The summed E-state index contributed by atoms with van der Waals surface area (Å²) in [5.41, 5.74) is -0.669. The van der Waals surface area contributed by atoms with Gasteiger partial charge < -0.3 is 61.0 Å². The minimum absolute atomic E-state index is 0.00753. The van der Waals surface area contributed by atoms with Crippen molar-refractivity contribution in [2.24, 2.45) is 5.92 Å². The van der Waals surface area contributed by atoms with Gasteiger partial charge in [-0.3, -0.25) is 0 Å². The fraction of sp³-hybridized carbons (Fsp3) is 0.750. The number of hydrogen-bond acceptors (Lipinski definition) is 13. The molecule has 1 unspecified atom stereocenters. The molecule has 9 fully saturated rings. The zero-order chi connectivity index (χ0) is 61.5. The monoisotopic (exact) mass is 1230 g/mol. The van der Waals surface area contributed by atoms with Gasteiger partial charge in [0.15, 0.2) is 8.32 Å². The second kappa shape index (κ2) is 23.0. The lowest BCUT2D eigenvalue weighted by Crippen LogP contribution is -2.70. The van der Waals surface area contributed by atoms with E-state index in [0.29, 0.717) is 51.7 Å². The maximum absolute atomic E-state index is 7.57. The van der Waals surface area contributed by atoms with Gasteiger partial charge in [0.1, 0.15) is 17.8 Å². The van der Waals surface area contributed by atoms with Gasteiger partial charge in [-0.2, -0.15) is 0 Å². The van der Waals surface area contributed by atoms with Gasteiger partial charge in [0, 0.05) is 44.9 Å². The molecule has 0 amide bonds. The Morgan fingerprint density at radius 3 is 2.00 bits per heavy atom. The van der Waals surface area contributed by atoms with Crippen LogP contribution in [-0.4, -0.2) is 162 Å².